The molecule has 110 valence electrons. The topological polar surface area (TPSA) is 63.6 Å². The second-order valence-corrected chi connectivity index (χ2v) is 4.31. The number of hydrogen-bond donors (Lipinski definition) is 1. The highest BCUT2D eigenvalue weighted by atomic mass is 16.5. The number of carbonyl (C=O) groups excluding carboxylic acids is 1. The van der Waals surface area contributed by atoms with Crippen molar-refractivity contribution in [2.24, 2.45) is 11.8 Å². The molecule has 0 saturated heterocycles. The summed E-state index contributed by atoms with van der Waals surface area (Å²) in [7, 11) is 1.16. The number of rotatable bonds is 7. The fraction of sp³-hybridized carbons (Fsp3) is 0.176. The Hall–Kier alpha value is -2.62. The molecule has 4 heteroatoms. The maximum Gasteiger partial charge on any atom is 0.320 e. The summed E-state index contributed by atoms with van der Waals surface area (Å²) in [6.45, 7) is 3.57. The Bertz CT molecular complexity index is 543. The molecule has 0 bridgehead atoms. The molecule has 0 amide bonds. The average Bonchev–Trinajstić information content (AvgIpc) is 2.50. The van der Waals surface area contributed by atoms with Gasteiger partial charge in [-0.2, -0.15) is 0 Å². The maximum absolute atomic E-state index is 11.5. The van der Waals surface area contributed by atoms with Gasteiger partial charge in [-0.25, -0.2) is 0 Å². The number of benzene rings is 1. The standard InChI is InChI=1S/C17H18O4/c1-3-14(15(16(18)19)17(20)21-2)12-8-7-11-13-9-5-4-6-10-13/h3-12,14-15H,1H2,2H3,(H,18,19)/b11-7+,12-8+. The van der Waals surface area contributed by atoms with Crippen molar-refractivity contribution in [1.82, 2.24) is 0 Å². The molecule has 0 aliphatic rings. The molecule has 2 unspecified atom stereocenters. The van der Waals surface area contributed by atoms with Crippen molar-refractivity contribution >= 4 is 18.0 Å². The summed E-state index contributed by atoms with van der Waals surface area (Å²) in [5.41, 5.74) is 1.03. The van der Waals surface area contributed by atoms with E-state index in [0.29, 0.717) is 0 Å². The second kappa shape index (κ2) is 8.53. The zero-order chi connectivity index (χ0) is 15.7. The molecule has 0 saturated carbocycles. The first kappa shape index (κ1) is 16.4. The first-order valence-electron chi connectivity index (χ1n) is 6.43. The van der Waals surface area contributed by atoms with Gasteiger partial charge in [-0.15, -0.1) is 6.58 Å². The van der Waals surface area contributed by atoms with E-state index < -0.39 is 23.8 Å². The van der Waals surface area contributed by atoms with Crippen LogP contribution in [0.4, 0.5) is 0 Å². The van der Waals surface area contributed by atoms with Crippen LogP contribution < -0.4 is 0 Å². The zero-order valence-electron chi connectivity index (χ0n) is 11.8. The molecule has 2 atom stereocenters. The minimum atomic E-state index is -1.28. The van der Waals surface area contributed by atoms with Gasteiger partial charge in [-0.05, 0) is 5.56 Å². The molecule has 1 aromatic carbocycles. The predicted octanol–water partition coefficient (Wildman–Crippen LogP) is 2.93. The molecule has 4 nitrogen and oxygen atoms in total. The molecule has 1 rings (SSSR count). The Morgan fingerprint density at radius 3 is 2.43 bits per heavy atom. The van der Waals surface area contributed by atoms with Gasteiger partial charge in [0, 0.05) is 5.92 Å². The first-order chi connectivity index (χ1) is 10.1. The van der Waals surface area contributed by atoms with E-state index in [0.717, 1.165) is 12.7 Å². The van der Waals surface area contributed by atoms with E-state index >= 15 is 0 Å². The van der Waals surface area contributed by atoms with E-state index in [-0.39, 0.29) is 0 Å². The molecule has 0 heterocycles. The molecule has 0 spiro atoms. The minimum absolute atomic E-state index is 0.629. The van der Waals surface area contributed by atoms with Gasteiger partial charge >= 0.3 is 11.9 Å². The van der Waals surface area contributed by atoms with E-state index in [1.54, 1.807) is 18.2 Å². The van der Waals surface area contributed by atoms with E-state index in [1.807, 2.05) is 36.4 Å². The Balaban J connectivity index is 2.78. The van der Waals surface area contributed by atoms with Gasteiger partial charge in [0.15, 0.2) is 5.92 Å². The maximum atomic E-state index is 11.5. The normalized spacial score (nSPS) is 14.0. The van der Waals surface area contributed by atoms with Crippen LogP contribution in [-0.4, -0.2) is 24.2 Å². The molecule has 0 radical (unpaired) electrons. The number of ether oxygens (including phenoxy) is 1. The summed E-state index contributed by atoms with van der Waals surface area (Å²) in [4.78, 5) is 22.7. The Morgan fingerprint density at radius 2 is 1.90 bits per heavy atom. The smallest absolute Gasteiger partial charge is 0.320 e. The van der Waals surface area contributed by atoms with Gasteiger partial charge in [-0.1, -0.05) is 60.7 Å². The van der Waals surface area contributed by atoms with Crippen molar-refractivity contribution in [3.8, 4) is 0 Å². The number of esters is 1. The first-order valence-corrected chi connectivity index (χ1v) is 6.43. The van der Waals surface area contributed by atoms with Gasteiger partial charge in [0.25, 0.3) is 0 Å². The third-order valence-corrected chi connectivity index (χ3v) is 2.91. The number of carboxylic acids is 1. The molecule has 1 aromatic rings. The van der Waals surface area contributed by atoms with Crippen LogP contribution in [0.5, 0.6) is 0 Å². The molecule has 0 fully saturated rings. The fourth-order valence-corrected chi connectivity index (χ4v) is 1.80. The summed E-state index contributed by atoms with van der Waals surface area (Å²) in [5.74, 6) is -3.93. The van der Waals surface area contributed by atoms with Crippen LogP contribution in [0.1, 0.15) is 5.56 Å². The lowest BCUT2D eigenvalue weighted by molar-refractivity contribution is -0.157. The quantitative estimate of drug-likeness (QED) is 0.362. The van der Waals surface area contributed by atoms with E-state index in [1.165, 1.54) is 6.08 Å². The lowest BCUT2D eigenvalue weighted by Gasteiger charge is -2.14. The number of allylic oxidation sites excluding steroid dienone is 4. The Kier molecular flexibility index (Phi) is 6.68. The summed E-state index contributed by atoms with van der Waals surface area (Å²) < 4.78 is 4.51. The highest BCUT2D eigenvalue weighted by molar-refractivity contribution is 5.94. The third-order valence-electron chi connectivity index (χ3n) is 2.91. The molecule has 0 aliphatic heterocycles. The van der Waals surface area contributed by atoms with Crippen LogP contribution in [0.25, 0.3) is 6.08 Å². The van der Waals surface area contributed by atoms with Crippen LogP contribution in [0, 0.1) is 11.8 Å². The van der Waals surface area contributed by atoms with Gasteiger partial charge in [0.1, 0.15) is 0 Å². The molecular weight excluding hydrogens is 268 g/mol. The monoisotopic (exact) mass is 286 g/mol. The summed E-state index contributed by atoms with van der Waals surface area (Å²) in [6.07, 6.45) is 8.38. The predicted molar refractivity (Wildman–Crippen MR) is 81.4 cm³/mol. The highest BCUT2D eigenvalue weighted by Gasteiger charge is 2.32. The molecule has 0 aromatic heterocycles. The largest absolute Gasteiger partial charge is 0.481 e. The van der Waals surface area contributed by atoms with E-state index in [9.17, 15) is 9.59 Å². The number of carbonyl (C=O) groups is 2. The van der Waals surface area contributed by atoms with Crippen LogP contribution in [-0.2, 0) is 14.3 Å². The lowest BCUT2D eigenvalue weighted by atomic mass is 9.92. The van der Waals surface area contributed by atoms with Crippen molar-refractivity contribution in [2.45, 2.75) is 0 Å². The SMILES string of the molecule is C=CC(/C=C/C=C/c1ccccc1)C(C(=O)O)C(=O)OC. The van der Waals surface area contributed by atoms with Crippen molar-refractivity contribution in [3.63, 3.8) is 0 Å². The summed E-state index contributed by atoms with van der Waals surface area (Å²) in [5, 5.41) is 9.11. The number of aliphatic carboxylic acids is 1. The van der Waals surface area contributed by atoms with Crippen molar-refractivity contribution < 1.29 is 19.4 Å². The summed E-state index contributed by atoms with van der Waals surface area (Å²) in [6, 6.07) is 9.67. The second-order valence-electron chi connectivity index (χ2n) is 4.31. The van der Waals surface area contributed by atoms with Crippen LogP contribution in [0.2, 0.25) is 0 Å². The zero-order valence-corrected chi connectivity index (χ0v) is 11.8. The average molecular weight is 286 g/mol. The van der Waals surface area contributed by atoms with Gasteiger partial charge in [0.2, 0.25) is 0 Å². The van der Waals surface area contributed by atoms with Crippen molar-refractivity contribution in [2.75, 3.05) is 7.11 Å². The fourth-order valence-electron chi connectivity index (χ4n) is 1.80. The third kappa shape index (κ3) is 5.10. The molecular formula is C17H18O4. The number of hydrogen-bond acceptors (Lipinski definition) is 3. The van der Waals surface area contributed by atoms with Gasteiger partial charge in [0.05, 0.1) is 7.11 Å². The van der Waals surface area contributed by atoms with Gasteiger partial charge < -0.3 is 9.84 Å². The molecule has 0 aliphatic carbocycles. The Labute approximate surface area is 124 Å². The molecule has 1 N–H and O–H groups in total. The molecule has 21 heavy (non-hydrogen) atoms. The van der Waals surface area contributed by atoms with Crippen LogP contribution >= 0.6 is 0 Å². The van der Waals surface area contributed by atoms with Crippen LogP contribution in [0.15, 0.2) is 61.2 Å². The van der Waals surface area contributed by atoms with Crippen molar-refractivity contribution in [1.29, 1.82) is 0 Å². The number of carboxylic acid groups (broad SMARTS) is 1. The van der Waals surface area contributed by atoms with E-state index in [4.69, 9.17) is 5.11 Å². The minimum Gasteiger partial charge on any atom is -0.481 e. The van der Waals surface area contributed by atoms with E-state index in [2.05, 4.69) is 11.3 Å². The van der Waals surface area contributed by atoms with Crippen molar-refractivity contribution in [3.05, 3.63) is 66.8 Å². The lowest BCUT2D eigenvalue weighted by Crippen LogP contribution is -2.30. The number of methoxy groups -OCH3 is 1. The van der Waals surface area contributed by atoms with Crippen LogP contribution in [0.3, 0.4) is 0 Å². The van der Waals surface area contributed by atoms with Gasteiger partial charge in [-0.3, -0.25) is 9.59 Å². The Morgan fingerprint density at radius 1 is 1.24 bits per heavy atom. The highest BCUT2D eigenvalue weighted by Crippen LogP contribution is 2.17. The summed E-state index contributed by atoms with van der Waals surface area (Å²) >= 11 is 0.